The molecule has 0 aliphatic rings. The van der Waals surface area contributed by atoms with Crippen molar-refractivity contribution in [1.29, 1.82) is 0 Å². The highest BCUT2D eigenvalue weighted by Gasteiger charge is 2.21. The van der Waals surface area contributed by atoms with E-state index in [4.69, 9.17) is 0 Å². The second-order valence-corrected chi connectivity index (χ2v) is 6.71. The Hall–Kier alpha value is -0.0500. The largest absolute Gasteiger partial charge is 0.355 e. The number of alkyl halides is 1. The molecular weight excluding hydrogens is 290 g/mol. The molecule has 0 heterocycles. The van der Waals surface area contributed by atoms with Crippen molar-refractivity contribution in [2.45, 2.75) is 66.2 Å². The molecular formula is C15H30BrNO. The summed E-state index contributed by atoms with van der Waals surface area (Å²) in [6, 6.07) is 0. The predicted octanol–water partition coefficient (Wildman–Crippen LogP) is 4.52. The number of unbranched alkanes of at least 4 members (excludes halogenated alkanes) is 1. The Morgan fingerprint density at radius 2 is 1.94 bits per heavy atom. The molecule has 0 bridgehead atoms. The predicted molar refractivity (Wildman–Crippen MR) is 83.1 cm³/mol. The Labute approximate surface area is 121 Å². The van der Waals surface area contributed by atoms with Crippen LogP contribution in [0.2, 0.25) is 0 Å². The first kappa shape index (κ1) is 17.9. The van der Waals surface area contributed by atoms with Crippen LogP contribution in [0.1, 0.15) is 66.2 Å². The molecule has 0 aliphatic heterocycles. The van der Waals surface area contributed by atoms with Crippen molar-refractivity contribution in [3.8, 4) is 0 Å². The van der Waals surface area contributed by atoms with Crippen LogP contribution in [0, 0.1) is 11.3 Å². The zero-order valence-electron chi connectivity index (χ0n) is 12.5. The SMILES string of the molecule is CCCCC(CC)C(=O)NCC(C)(C)CCCBr. The van der Waals surface area contributed by atoms with Crippen molar-refractivity contribution in [2.24, 2.45) is 11.3 Å². The second-order valence-electron chi connectivity index (χ2n) is 5.92. The Kier molecular flexibility index (Phi) is 9.80. The summed E-state index contributed by atoms with van der Waals surface area (Å²) in [6.45, 7) is 9.53. The van der Waals surface area contributed by atoms with Gasteiger partial charge in [0.15, 0.2) is 0 Å². The van der Waals surface area contributed by atoms with Crippen molar-refractivity contribution in [3.05, 3.63) is 0 Å². The second kappa shape index (κ2) is 9.82. The van der Waals surface area contributed by atoms with Gasteiger partial charge in [0.1, 0.15) is 0 Å². The molecule has 3 heteroatoms. The summed E-state index contributed by atoms with van der Waals surface area (Å²) >= 11 is 3.46. The number of hydrogen-bond acceptors (Lipinski definition) is 1. The summed E-state index contributed by atoms with van der Waals surface area (Å²) in [4.78, 5) is 12.1. The normalized spacial score (nSPS) is 13.4. The van der Waals surface area contributed by atoms with Gasteiger partial charge in [0.05, 0.1) is 0 Å². The van der Waals surface area contributed by atoms with E-state index in [1.54, 1.807) is 0 Å². The van der Waals surface area contributed by atoms with Gasteiger partial charge in [0.25, 0.3) is 0 Å². The Balaban J connectivity index is 4.05. The van der Waals surface area contributed by atoms with Crippen LogP contribution in [0.15, 0.2) is 0 Å². The van der Waals surface area contributed by atoms with Crippen LogP contribution < -0.4 is 5.32 Å². The Morgan fingerprint density at radius 3 is 2.44 bits per heavy atom. The number of amides is 1. The zero-order valence-corrected chi connectivity index (χ0v) is 14.1. The molecule has 0 saturated carbocycles. The van der Waals surface area contributed by atoms with Crippen LogP contribution in [-0.4, -0.2) is 17.8 Å². The van der Waals surface area contributed by atoms with E-state index < -0.39 is 0 Å². The van der Waals surface area contributed by atoms with Crippen LogP contribution >= 0.6 is 15.9 Å². The highest BCUT2D eigenvalue weighted by molar-refractivity contribution is 9.09. The fraction of sp³-hybridized carbons (Fsp3) is 0.933. The van der Waals surface area contributed by atoms with Crippen molar-refractivity contribution in [3.63, 3.8) is 0 Å². The van der Waals surface area contributed by atoms with E-state index >= 15 is 0 Å². The maximum Gasteiger partial charge on any atom is 0.223 e. The van der Waals surface area contributed by atoms with E-state index in [0.717, 1.165) is 44.0 Å². The molecule has 0 aliphatic carbocycles. The van der Waals surface area contributed by atoms with Gasteiger partial charge in [-0.3, -0.25) is 4.79 Å². The van der Waals surface area contributed by atoms with Gasteiger partial charge in [-0.15, -0.1) is 0 Å². The topological polar surface area (TPSA) is 29.1 Å². The fourth-order valence-electron chi connectivity index (χ4n) is 2.08. The lowest BCUT2D eigenvalue weighted by molar-refractivity contribution is -0.125. The smallest absolute Gasteiger partial charge is 0.223 e. The van der Waals surface area contributed by atoms with E-state index in [0.29, 0.717) is 0 Å². The van der Waals surface area contributed by atoms with Crippen LogP contribution in [0.3, 0.4) is 0 Å². The van der Waals surface area contributed by atoms with Gasteiger partial charge in [0.2, 0.25) is 5.91 Å². The lowest BCUT2D eigenvalue weighted by Gasteiger charge is -2.26. The third-order valence-corrected chi connectivity index (χ3v) is 4.06. The van der Waals surface area contributed by atoms with Crippen molar-refractivity contribution in [2.75, 3.05) is 11.9 Å². The van der Waals surface area contributed by atoms with E-state index in [2.05, 4.69) is 48.9 Å². The Morgan fingerprint density at radius 1 is 1.28 bits per heavy atom. The van der Waals surface area contributed by atoms with Crippen LogP contribution in [0.25, 0.3) is 0 Å². The lowest BCUT2D eigenvalue weighted by atomic mass is 9.87. The van der Waals surface area contributed by atoms with Gasteiger partial charge < -0.3 is 5.32 Å². The van der Waals surface area contributed by atoms with Gasteiger partial charge in [0, 0.05) is 17.8 Å². The molecule has 18 heavy (non-hydrogen) atoms. The molecule has 1 N–H and O–H groups in total. The van der Waals surface area contributed by atoms with E-state index in [-0.39, 0.29) is 17.2 Å². The molecule has 0 fully saturated rings. The molecule has 0 aromatic carbocycles. The average Bonchev–Trinajstić information content (AvgIpc) is 2.35. The Bertz CT molecular complexity index is 229. The molecule has 0 aromatic rings. The third kappa shape index (κ3) is 8.12. The monoisotopic (exact) mass is 319 g/mol. The quantitative estimate of drug-likeness (QED) is 0.589. The minimum atomic E-state index is 0.201. The van der Waals surface area contributed by atoms with Crippen molar-refractivity contribution in [1.82, 2.24) is 5.32 Å². The molecule has 0 spiro atoms. The summed E-state index contributed by atoms with van der Waals surface area (Å²) in [5.74, 6) is 0.454. The number of halogens is 1. The van der Waals surface area contributed by atoms with Gasteiger partial charge >= 0.3 is 0 Å². The van der Waals surface area contributed by atoms with Crippen LogP contribution in [0.5, 0.6) is 0 Å². The maximum absolute atomic E-state index is 12.1. The number of carbonyl (C=O) groups is 1. The third-order valence-electron chi connectivity index (χ3n) is 3.50. The van der Waals surface area contributed by atoms with Crippen LogP contribution in [0.4, 0.5) is 0 Å². The number of nitrogens with one attached hydrogen (secondary N) is 1. The summed E-state index contributed by atoms with van der Waals surface area (Å²) in [7, 11) is 0. The highest BCUT2D eigenvalue weighted by atomic mass is 79.9. The first-order valence-electron chi connectivity index (χ1n) is 7.30. The van der Waals surface area contributed by atoms with Crippen molar-refractivity contribution < 1.29 is 4.79 Å². The number of carbonyl (C=O) groups excluding carboxylic acids is 1. The minimum absolute atomic E-state index is 0.201. The standard InChI is InChI=1S/C15H30BrNO/c1-5-7-9-13(6-2)14(18)17-12-15(3,4)10-8-11-16/h13H,5-12H2,1-4H3,(H,17,18). The van der Waals surface area contributed by atoms with Gasteiger partial charge in [-0.1, -0.05) is 56.5 Å². The van der Waals surface area contributed by atoms with E-state index in [1.807, 2.05) is 0 Å². The summed E-state index contributed by atoms with van der Waals surface area (Å²) < 4.78 is 0. The van der Waals surface area contributed by atoms with Crippen molar-refractivity contribution >= 4 is 21.8 Å². The summed E-state index contributed by atoms with van der Waals surface area (Å²) in [6.07, 6.45) is 6.61. The molecule has 0 saturated heterocycles. The fourth-order valence-corrected chi connectivity index (χ4v) is 2.36. The lowest BCUT2D eigenvalue weighted by Crippen LogP contribution is -2.37. The minimum Gasteiger partial charge on any atom is -0.355 e. The molecule has 1 amide bonds. The molecule has 0 rings (SSSR count). The summed E-state index contributed by atoms with van der Waals surface area (Å²) in [5, 5.41) is 4.18. The molecule has 1 unspecified atom stereocenters. The first-order valence-corrected chi connectivity index (χ1v) is 8.42. The van der Waals surface area contributed by atoms with Gasteiger partial charge in [-0.05, 0) is 31.1 Å². The average molecular weight is 320 g/mol. The zero-order chi connectivity index (χ0) is 14.0. The highest BCUT2D eigenvalue weighted by Crippen LogP contribution is 2.22. The molecule has 108 valence electrons. The van der Waals surface area contributed by atoms with Gasteiger partial charge in [-0.25, -0.2) is 0 Å². The van der Waals surface area contributed by atoms with E-state index in [1.165, 1.54) is 6.42 Å². The number of rotatable bonds is 10. The first-order chi connectivity index (χ1) is 8.46. The van der Waals surface area contributed by atoms with Crippen LogP contribution in [-0.2, 0) is 4.79 Å². The summed E-state index contributed by atoms with van der Waals surface area (Å²) in [5.41, 5.74) is 0.201. The maximum atomic E-state index is 12.1. The van der Waals surface area contributed by atoms with E-state index in [9.17, 15) is 4.79 Å². The molecule has 1 atom stereocenters. The van der Waals surface area contributed by atoms with Gasteiger partial charge in [-0.2, -0.15) is 0 Å². The number of hydrogen-bond donors (Lipinski definition) is 1. The molecule has 0 aromatic heterocycles. The molecule has 2 nitrogen and oxygen atoms in total. The molecule has 0 radical (unpaired) electrons.